The second kappa shape index (κ2) is 3.54. The van der Waals surface area contributed by atoms with Gasteiger partial charge in [0.2, 0.25) is 0 Å². The number of nitrogens with zero attached hydrogens (tertiary/aromatic N) is 1. The summed E-state index contributed by atoms with van der Waals surface area (Å²) in [4.78, 5) is 0. The quantitative estimate of drug-likeness (QED) is 0.786. The second-order valence-electron chi connectivity index (χ2n) is 3.18. The number of benzene rings is 1. The third-order valence-electron chi connectivity index (χ3n) is 2.02. The lowest BCUT2D eigenvalue weighted by atomic mass is 10.3. The van der Waals surface area contributed by atoms with Gasteiger partial charge < -0.3 is 4.74 Å². The average molecular weight is 188 g/mol. The van der Waals surface area contributed by atoms with Crippen molar-refractivity contribution >= 4 is 0 Å². The van der Waals surface area contributed by atoms with Crippen molar-refractivity contribution in [1.82, 2.24) is 10.2 Å². The van der Waals surface area contributed by atoms with Gasteiger partial charge in [-0.15, -0.1) is 0 Å². The summed E-state index contributed by atoms with van der Waals surface area (Å²) >= 11 is 0. The van der Waals surface area contributed by atoms with Crippen molar-refractivity contribution < 1.29 is 4.74 Å². The number of H-pyrrole nitrogens is 1. The maximum Gasteiger partial charge on any atom is 0.170 e. The van der Waals surface area contributed by atoms with Gasteiger partial charge in [0.25, 0.3) is 0 Å². The van der Waals surface area contributed by atoms with Gasteiger partial charge in [0.05, 0.1) is 5.69 Å². The molecule has 0 unspecified atom stereocenters. The zero-order chi connectivity index (χ0) is 9.97. The Bertz CT molecular complexity index is 401. The van der Waals surface area contributed by atoms with Gasteiger partial charge in [-0.25, -0.2) is 0 Å². The van der Waals surface area contributed by atoms with Gasteiger partial charge in [-0.2, -0.15) is 5.10 Å². The Morgan fingerprint density at radius 2 is 1.86 bits per heavy atom. The van der Waals surface area contributed by atoms with Gasteiger partial charge in [-0.05, 0) is 26.0 Å². The van der Waals surface area contributed by atoms with E-state index in [2.05, 4.69) is 10.2 Å². The van der Waals surface area contributed by atoms with Gasteiger partial charge in [0.1, 0.15) is 11.4 Å². The first-order valence-corrected chi connectivity index (χ1v) is 4.52. The first kappa shape index (κ1) is 8.81. The summed E-state index contributed by atoms with van der Waals surface area (Å²) in [7, 11) is 0. The predicted octanol–water partition coefficient (Wildman–Crippen LogP) is 2.82. The van der Waals surface area contributed by atoms with Crippen LogP contribution in [0.5, 0.6) is 11.5 Å². The predicted molar refractivity (Wildman–Crippen MR) is 54.6 cm³/mol. The molecule has 0 saturated carbocycles. The van der Waals surface area contributed by atoms with Crippen LogP contribution < -0.4 is 4.74 Å². The fraction of sp³-hybridized carbons (Fsp3) is 0.182. The fourth-order valence-electron chi connectivity index (χ4n) is 1.30. The lowest BCUT2D eigenvalue weighted by molar-refractivity contribution is 0.475. The largest absolute Gasteiger partial charge is 0.454 e. The van der Waals surface area contributed by atoms with Crippen molar-refractivity contribution in [3.8, 4) is 11.5 Å². The molecular weight excluding hydrogens is 176 g/mol. The Morgan fingerprint density at radius 1 is 1.14 bits per heavy atom. The minimum atomic E-state index is 0.816. The number of nitrogens with one attached hydrogen (secondary N) is 1. The molecule has 2 rings (SSSR count). The first-order valence-electron chi connectivity index (χ1n) is 4.52. The minimum absolute atomic E-state index is 0.816. The molecule has 1 heterocycles. The zero-order valence-corrected chi connectivity index (χ0v) is 8.24. The molecule has 2 aromatic rings. The molecular formula is C11H12N2O. The Balaban J connectivity index is 2.27. The molecule has 0 fully saturated rings. The number of hydrogen-bond donors (Lipinski definition) is 1. The van der Waals surface area contributed by atoms with Gasteiger partial charge in [0, 0.05) is 0 Å². The molecule has 0 atom stereocenters. The second-order valence-corrected chi connectivity index (χ2v) is 3.18. The number of ether oxygens (including phenoxy) is 1. The van der Waals surface area contributed by atoms with Crippen molar-refractivity contribution in [2.75, 3.05) is 0 Å². The van der Waals surface area contributed by atoms with Crippen LogP contribution in [0.3, 0.4) is 0 Å². The molecule has 1 aromatic carbocycles. The Morgan fingerprint density at radius 3 is 2.43 bits per heavy atom. The molecule has 0 radical (unpaired) electrons. The van der Waals surface area contributed by atoms with Crippen LogP contribution in [0.15, 0.2) is 30.3 Å². The highest BCUT2D eigenvalue weighted by Crippen LogP contribution is 2.25. The molecule has 0 bridgehead atoms. The highest BCUT2D eigenvalue weighted by atomic mass is 16.5. The summed E-state index contributed by atoms with van der Waals surface area (Å²) in [6, 6.07) is 9.69. The van der Waals surface area contributed by atoms with Crippen LogP contribution in [0.25, 0.3) is 0 Å². The van der Waals surface area contributed by atoms with Crippen LogP contribution in [0, 0.1) is 13.8 Å². The molecule has 3 heteroatoms. The third kappa shape index (κ3) is 1.62. The van der Waals surface area contributed by atoms with E-state index in [0.717, 1.165) is 22.9 Å². The maximum atomic E-state index is 5.69. The van der Waals surface area contributed by atoms with E-state index in [1.165, 1.54) is 0 Å². The molecule has 3 nitrogen and oxygen atoms in total. The minimum Gasteiger partial charge on any atom is -0.454 e. The summed E-state index contributed by atoms with van der Waals surface area (Å²) in [6.45, 7) is 3.86. The van der Waals surface area contributed by atoms with Crippen LogP contribution in [0.1, 0.15) is 11.4 Å². The van der Waals surface area contributed by atoms with Crippen molar-refractivity contribution in [2.45, 2.75) is 13.8 Å². The molecule has 1 N–H and O–H groups in total. The van der Waals surface area contributed by atoms with Crippen molar-refractivity contribution in [3.63, 3.8) is 0 Å². The fourth-order valence-corrected chi connectivity index (χ4v) is 1.30. The normalized spacial score (nSPS) is 10.1. The van der Waals surface area contributed by atoms with Gasteiger partial charge in [-0.3, -0.25) is 5.10 Å². The van der Waals surface area contributed by atoms with Gasteiger partial charge in [0.15, 0.2) is 5.75 Å². The van der Waals surface area contributed by atoms with Gasteiger partial charge >= 0.3 is 0 Å². The molecule has 0 aliphatic carbocycles. The topological polar surface area (TPSA) is 37.9 Å². The number of rotatable bonds is 2. The highest BCUT2D eigenvalue weighted by Gasteiger charge is 2.07. The van der Waals surface area contributed by atoms with E-state index in [-0.39, 0.29) is 0 Å². The molecule has 0 amide bonds. The summed E-state index contributed by atoms with van der Waals surface area (Å²) in [5, 5.41) is 6.94. The van der Waals surface area contributed by atoms with E-state index >= 15 is 0 Å². The van der Waals surface area contributed by atoms with Gasteiger partial charge in [-0.1, -0.05) is 18.2 Å². The molecule has 0 saturated heterocycles. The Labute approximate surface area is 82.7 Å². The number of para-hydroxylation sites is 1. The smallest absolute Gasteiger partial charge is 0.170 e. The van der Waals surface area contributed by atoms with Crippen molar-refractivity contribution in [1.29, 1.82) is 0 Å². The number of aromatic amines is 1. The highest BCUT2D eigenvalue weighted by molar-refractivity contribution is 5.36. The van der Waals surface area contributed by atoms with Crippen LogP contribution in [0.4, 0.5) is 0 Å². The summed E-state index contributed by atoms with van der Waals surface area (Å²) in [5.41, 5.74) is 1.83. The van der Waals surface area contributed by atoms with Crippen molar-refractivity contribution in [2.24, 2.45) is 0 Å². The summed E-state index contributed by atoms with van der Waals surface area (Å²) in [5.74, 6) is 1.65. The average Bonchev–Trinajstić information content (AvgIpc) is 2.51. The SMILES string of the molecule is Cc1n[nH]c(C)c1Oc1ccccc1. The van der Waals surface area contributed by atoms with Crippen LogP contribution in [0.2, 0.25) is 0 Å². The number of aryl methyl sites for hydroxylation is 2. The van der Waals surface area contributed by atoms with E-state index in [1.54, 1.807) is 0 Å². The van der Waals surface area contributed by atoms with Crippen LogP contribution >= 0.6 is 0 Å². The lowest BCUT2D eigenvalue weighted by Crippen LogP contribution is -1.85. The number of aromatic nitrogens is 2. The van der Waals surface area contributed by atoms with Crippen LogP contribution in [-0.2, 0) is 0 Å². The molecule has 1 aromatic heterocycles. The van der Waals surface area contributed by atoms with E-state index < -0.39 is 0 Å². The number of hydrogen-bond acceptors (Lipinski definition) is 2. The zero-order valence-electron chi connectivity index (χ0n) is 8.24. The summed E-state index contributed by atoms with van der Waals surface area (Å²) in [6.07, 6.45) is 0. The monoisotopic (exact) mass is 188 g/mol. The van der Waals surface area contributed by atoms with E-state index in [0.29, 0.717) is 0 Å². The molecule has 0 spiro atoms. The Hall–Kier alpha value is -1.77. The summed E-state index contributed by atoms with van der Waals surface area (Å²) < 4.78 is 5.69. The van der Waals surface area contributed by atoms with Crippen LogP contribution in [-0.4, -0.2) is 10.2 Å². The molecule has 72 valence electrons. The maximum absolute atomic E-state index is 5.69. The first-order chi connectivity index (χ1) is 6.77. The molecule has 0 aliphatic heterocycles. The van der Waals surface area contributed by atoms with E-state index in [9.17, 15) is 0 Å². The lowest BCUT2D eigenvalue weighted by Gasteiger charge is -2.04. The van der Waals surface area contributed by atoms with E-state index in [4.69, 9.17) is 4.74 Å². The Kier molecular flexibility index (Phi) is 2.23. The third-order valence-corrected chi connectivity index (χ3v) is 2.02. The van der Waals surface area contributed by atoms with E-state index in [1.807, 2.05) is 44.2 Å². The van der Waals surface area contributed by atoms with Crippen molar-refractivity contribution in [3.05, 3.63) is 41.7 Å². The molecule has 14 heavy (non-hydrogen) atoms. The molecule has 0 aliphatic rings. The standard InChI is InChI=1S/C11H12N2O/c1-8-11(9(2)13-12-8)14-10-6-4-3-5-7-10/h3-7H,1-2H3,(H,12,13).